The van der Waals surface area contributed by atoms with Crippen LogP contribution < -0.4 is 10.1 Å². The Morgan fingerprint density at radius 1 is 1.30 bits per heavy atom. The summed E-state index contributed by atoms with van der Waals surface area (Å²) in [5.74, 6) is 0.439. The fourth-order valence-electron chi connectivity index (χ4n) is 1.61. The highest BCUT2D eigenvalue weighted by Gasteiger charge is 2.11. The Kier molecular flexibility index (Phi) is 7.50. The zero-order valence-corrected chi connectivity index (χ0v) is 12.1. The summed E-state index contributed by atoms with van der Waals surface area (Å²) in [7, 11) is 0. The zero-order valence-electron chi connectivity index (χ0n) is 12.1. The van der Waals surface area contributed by atoms with Gasteiger partial charge < -0.3 is 19.9 Å². The van der Waals surface area contributed by atoms with E-state index in [1.807, 2.05) is 24.3 Å². The van der Waals surface area contributed by atoms with Crippen molar-refractivity contribution in [3.05, 3.63) is 24.3 Å². The van der Waals surface area contributed by atoms with Crippen LogP contribution in [0.1, 0.15) is 26.7 Å². The van der Waals surface area contributed by atoms with Gasteiger partial charge in [0.05, 0.1) is 25.7 Å². The highest BCUT2D eigenvalue weighted by Crippen LogP contribution is 2.16. The van der Waals surface area contributed by atoms with Crippen molar-refractivity contribution >= 4 is 11.7 Å². The lowest BCUT2D eigenvalue weighted by Gasteiger charge is -2.12. The molecule has 1 unspecified atom stereocenters. The number of benzene rings is 1. The molecule has 0 aromatic heterocycles. The first kappa shape index (κ1) is 16.3. The minimum Gasteiger partial charge on any atom is -0.494 e. The van der Waals surface area contributed by atoms with E-state index in [1.165, 1.54) is 0 Å². The van der Waals surface area contributed by atoms with E-state index in [0.29, 0.717) is 19.8 Å². The zero-order chi connectivity index (χ0) is 14.8. The largest absolute Gasteiger partial charge is 0.494 e. The van der Waals surface area contributed by atoms with Crippen LogP contribution >= 0.6 is 0 Å². The van der Waals surface area contributed by atoms with Crippen LogP contribution in [0.3, 0.4) is 0 Å². The third-order valence-electron chi connectivity index (χ3n) is 2.58. The van der Waals surface area contributed by atoms with Crippen LogP contribution in [0, 0.1) is 0 Å². The Balaban J connectivity index is 2.32. The summed E-state index contributed by atoms with van der Waals surface area (Å²) < 4.78 is 10.3. The summed E-state index contributed by atoms with van der Waals surface area (Å²) >= 11 is 0. The molecule has 1 aromatic rings. The third-order valence-corrected chi connectivity index (χ3v) is 2.58. The van der Waals surface area contributed by atoms with E-state index in [9.17, 15) is 9.90 Å². The van der Waals surface area contributed by atoms with E-state index < -0.39 is 6.10 Å². The molecule has 0 saturated heterocycles. The molecule has 0 amide bonds. The first-order valence-electron chi connectivity index (χ1n) is 6.96. The van der Waals surface area contributed by atoms with Crippen LogP contribution in [0.4, 0.5) is 5.69 Å². The molecule has 0 saturated carbocycles. The highest BCUT2D eigenvalue weighted by atomic mass is 16.5. The van der Waals surface area contributed by atoms with Crippen LogP contribution in [0.2, 0.25) is 0 Å². The van der Waals surface area contributed by atoms with Gasteiger partial charge in [-0.15, -0.1) is 0 Å². The smallest absolute Gasteiger partial charge is 0.308 e. The Morgan fingerprint density at radius 2 is 2.00 bits per heavy atom. The van der Waals surface area contributed by atoms with Gasteiger partial charge in [-0.05, 0) is 37.6 Å². The predicted octanol–water partition coefficient (Wildman–Crippen LogP) is 2.20. The highest BCUT2D eigenvalue weighted by molar-refractivity contribution is 5.70. The van der Waals surface area contributed by atoms with Crippen molar-refractivity contribution < 1.29 is 19.4 Å². The number of aliphatic hydroxyl groups excluding tert-OH is 1. The normalized spacial score (nSPS) is 11.8. The van der Waals surface area contributed by atoms with E-state index in [-0.39, 0.29) is 12.4 Å². The molecule has 1 rings (SSSR count). The van der Waals surface area contributed by atoms with Crippen molar-refractivity contribution in [2.45, 2.75) is 32.8 Å². The van der Waals surface area contributed by atoms with Gasteiger partial charge in [-0.2, -0.15) is 0 Å². The van der Waals surface area contributed by atoms with Crippen molar-refractivity contribution in [3.63, 3.8) is 0 Å². The standard InChI is InChI=1S/C15H23NO4/c1-3-9-20-14-7-5-12(6-8-14)16-11-13(17)10-15(18)19-4-2/h5-8,13,16-17H,3-4,9-11H2,1-2H3. The molecule has 0 aliphatic carbocycles. The summed E-state index contributed by atoms with van der Waals surface area (Å²) in [5, 5.41) is 12.8. The number of hydrogen-bond donors (Lipinski definition) is 2. The van der Waals surface area contributed by atoms with E-state index in [4.69, 9.17) is 9.47 Å². The van der Waals surface area contributed by atoms with E-state index in [2.05, 4.69) is 12.2 Å². The molecule has 0 spiro atoms. The average molecular weight is 281 g/mol. The number of hydrogen-bond acceptors (Lipinski definition) is 5. The van der Waals surface area contributed by atoms with Gasteiger partial charge in [0.25, 0.3) is 0 Å². The summed E-state index contributed by atoms with van der Waals surface area (Å²) in [6.45, 7) is 5.13. The second kappa shape index (κ2) is 9.20. The molecule has 2 N–H and O–H groups in total. The number of esters is 1. The fourth-order valence-corrected chi connectivity index (χ4v) is 1.61. The van der Waals surface area contributed by atoms with Crippen molar-refractivity contribution in [1.29, 1.82) is 0 Å². The molecular formula is C15H23NO4. The number of carbonyl (C=O) groups excluding carboxylic acids is 1. The number of carbonyl (C=O) groups is 1. The molecule has 0 aliphatic heterocycles. The quantitative estimate of drug-likeness (QED) is 0.679. The van der Waals surface area contributed by atoms with Gasteiger partial charge >= 0.3 is 5.97 Å². The monoisotopic (exact) mass is 281 g/mol. The van der Waals surface area contributed by atoms with Crippen LogP contribution in [0.5, 0.6) is 5.75 Å². The van der Waals surface area contributed by atoms with Gasteiger partial charge in [-0.25, -0.2) is 0 Å². The topological polar surface area (TPSA) is 67.8 Å². The lowest BCUT2D eigenvalue weighted by molar-refractivity contribution is -0.145. The minimum atomic E-state index is -0.759. The fraction of sp³-hybridized carbons (Fsp3) is 0.533. The summed E-state index contributed by atoms with van der Waals surface area (Å²) in [6, 6.07) is 7.50. The molecule has 20 heavy (non-hydrogen) atoms. The Hall–Kier alpha value is -1.75. The third kappa shape index (κ3) is 6.43. The van der Waals surface area contributed by atoms with Gasteiger partial charge in [0.2, 0.25) is 0 Å². The first-order valence-corrected chi connectivity index (χ1v) is 6.96. The Bertz CT molecular complexity index is 391. The molecule has 0 heterocycles. The summed E-state index contributed by atoms with van der Waals surface area (Å²) in [5.41, 5.74) is 0.872. The maximum atomic E-state index is 11.2. The van der Waals surface area contributed by atoms with Crippen LogP contribution in [0.15, 0.2) is 24.3 Å². The van der Waals surface area contributed by atoms with Gasteiger partial charge in [-0.1, -0.05) is 6.92 Å². The van der Waals surface area contributed by atoms with Gasteiger partial charge in [0.15, 0.2) is 0 Å². The molecule has 1 aromatic carbocycles. The number of anilines is 1. The second-order valence-electron chi connectivity index (χ2n) is 4.42. The average Bonchev–Trinajstić information content (AvgIpc) is 2.44. The maximum absolute atomic E-state index is 11.2. The first-order chi connectivity index (χ1) is 9.65. The minimum absolute atomic E-state index is 0.00145. The van der Waals surface area contributed by atoms with Crippen molar-refractivity contribution in [3.8, 4) is 5.75 Å². The molecule has 5 nitrogen and oxygen atoms in total. The predicted molar refractivity (Wildman–Crippen MR) is 78.0 cm³/mol. The lowest BCUT2D eigenvalue weighted by Crippen LogP contribution is -2.23. The van der Waals surface area contributed by atoms with Crippen LogP contribution in [-0.4, -0.2) is 36.9 Å². The van der Waals surface area contributed by atoms with Crippen LogP contribution in [0.25, 0.3) is 0 Å². The van der Waals surface area contributed by atoms with Crippen molar-refractivity contribution in [2.24, 2.45) is 0 Å². The van der Waals surface area contributed by atoms with Gasteiger partial charge in [0.1, 0.15) is 5.75 Å². The SMILES string of the molecule is CCCOc1ccc(NCC(O)CC(=O)OCC)cc1. The molecule has 0 bridgehead atoms. The molecular weight excluding hydrogens is 258 g/mol. The van der Waals surface area contributed by atoms with Crippen molar-refractivity contribution in [2.75, 3.05) is 25.1 Å². The van der Waals surface area contributed by atoms with Gasteiger partial charge in [-0.3, -0.25) is 4.79 Å². The number of rotatable bonds is 9. The molecule has 0 fully saturated rings. The van der Waals surface area contributed by atoms with E-state index in [1.54, 1.807) is 6.92 Å². The van der Waals surface area contributed by atoms with E-state index >= 15 is 0 Å². The maximum Gasteiger partial charge on any atom is 0.308 e. The molecule has 0 aliphatic rings. The molecule has 112 valence electrons. The number of nitrogens with one attached hydrogen (secondary N) is 1. The number of ether oxygens (including phenoxy) is 2. The Labute approximate surface area is 119 Å². The van der Waals surface area contributed by atoms with E-state index in [0.717, 1.165) is 17.9 Å². The van der Waals surface area contributed by atoms with Crippen LogP contribution in [-0.2, 0) is 9.53 Å². The lowest BCUT2D eigenvalue weighted by atomic mass is 10.2. The molecule has 1 atom stereocenters. The Morgan fingerprint density at radius 3 is 2.60 bits per heavy atom. The van der Waals surface area contributed by atoms with Gasteiger partial charge in [0, 0.05) is 12.2 Å². The molecule has 5 heteroatoms. The summed E-state index contributed by atoms with van der Waals surface area (Å²) in [4.78, 5) is 11.2. The number of aliphatic hydroxyl groups is 1. The van der Waals surface area contributed by atoms with Crippen molar-refractivity contribution in [1.82, 2.24) is 0 Å². The second-order valence-corrected chi connectivity index (χ2v) is 4.42. The molecule has 0 radical (unpaired) electrons. The summed E-state index contributed by atoms with van der Waals surface area (Å²) in [6.07, 6.45) is 0.212.